The van der Waals surface area contributed by atoms with Gasteiger partial charge in [0, 0.05) is 30.8 Å². The molecule has 0 aliphatic heterocycles. The van der Waals surface area contributed by atoms with Gasteiger partial charge in [0.05, 0.1) is 11.5 Å². The number of allylic oxidation sites excluding steroid dienone is 2. The van der Waals surface area contributed by atoms with Crippen molar-refractivity contribution in [3.05, 3.63) is 108 Å². The normalized spacial score (nSPS) is 11.7. The second kappa shape index (κ2) is 8.53. The van der Waals surface area contributed by atoms with Gasteiger partial charge in [-0.25, -0.2) is 14.6 Å². The van der Waals surface area contributed by atoms with Crippen molar-refractivity contribution in [2.75, 3.05) is 0 Å². The molecule has 1 atom stereocenters. The van der Waals surface area contributed by atoms with Gasteiger partial charge in [0.15, 0.2) is 12.4 Å². The first kappa shape index (κ1) is 21.3. The van der Waals surface area contributed by atoms with E-state index in [2.05, 4.69) is 28.1 Å². The summed E-state index contributed by atoms with van der Waals surface area (Å²) in [6, 6.07) is 2.99. The van der Waals surface area contributed by atoms with Crippen LogP contribution in [0.15, 0.2) is 69.0 Å². The second-order valence-corrected chi connectivity index (χ2v) is 6.54. The number of H-pyrrole nitrogens is 3. The molecule has 0 aliphatic carbocycles. The first-order valence-electron chi connectivity index (χ1n) is 9.09. The lowest BCUT2D eigenvalue weighted by molar-refractivity contribution is -0.378. The smallest absolute Gasteiger partial charge is 0.331 e. The van der Waals surface area contributed by atoms with Crippen LogP contribution in [0.1, 0.15) is 22.6 Å². The molecule has 0 saturated heterocycles. The van der Waals surface area contributed by atoms with E-state index in [4.69, 9.17) is 0 Å². The SMILES string of the molecule is C=CCn1c([O-])c(C(c2cc[nH+]cc2)c2c(O)n(CC=C)c(=O)[nH]c2=O)c(=O)[nH]c1=O. The van der Waals surface area contributed by atoms with Crippen LogP contribution in [-0.4, -0.2) is 24.2 Å². The maximum Gasteiger partial charge on any atom is 0.331 e. The molecule has 0 spiro atoms. The summed E-state index contributed by atoms with van der Waals surface area (Å²) in [6.45, 7) is 6.66. The highest BCUT2D eigenvalue weighted by Crippen LogP contribution is 2.34. The van der Waals surface area contributed by atoms with E-state index in [1.807, 2.05) is 0 Å². The third-order valence-electron chi connectivity index (χ3n) is 4.67. The Morgan fingerprint density at radius 1 is 0.968 bits per heavy atom. The minimum absolute atomic E-state index is 0.139. The average Bonchev–Trinajstić information content (AvgIpc) is 2.73. The minimum atomic E-state index is -1.39. The fourth-order valence-corrected chi connectivity index (χ4v) is 3.32. The Morgan fingerprint density at radius 2 is 1.48 bits per heavy atom. The number of aromatic hydroxyl groups is 1. The summed E-state index contributed by atoms with van der Waals surface area (Å²) in [4.78, 5) is 56.6. The van der Waals surface area contributed by atoms with Crippen LogP contribution in [0.5, 0.6) is 11.8 Å². The molecule has 0 fully saturated rings. The van der Waals surface area contributed by atoms with Gasteiger partial charge in [-0.1, -0.05) is 12.2 Å². The summed E-state index contributed by atoms with van der Waals surface area (Å²) in [5, 5.41) is 23.9. The zero-order chi connectivity index (χ0) is 22.7. The molecule has 0 bridgehead atoms. The fourth-order valence-electron chi connectivity index (χ4n) is 3.32. The van der Waals surface area contributed by atoms with Gasteiger partial charge in [0.25, 0.3) is 11.1 Å². The fraction of sp³-hybridized carbons (Fsp3) is 0.150. The van der Waals surface area contributed by atoms with Crippen molar-refractivity contribution in [1.82, 2.24) is 19.1 Å². The highest BCUT2D eigenvalue weighted by atomic mass is 16.3. The quantitative estimate of drug-likeness (QED) is 0.391. The third-order valence-corrected chi connectivity index (χ3v) is 4.67. The molecule has 0 radical (unpaired) electrons. The Kier molecular flexibility index (Phi) is 5.86. The molecule has 0 aliphatic rings. The van der Waals surface area contributed by atoms with E-state index < -0.39 is 51.3 Å². The van der Waals surface area contributed by atoms with Crippen molar-refractivity contribution < 1.29 is 15.2 Å². The van der Waals surface area contributed by atoms with E-state index in [0.717, 1.165) is 9.13 Å². The van der Waals surface area contributed by atoms with Crippen molar-refractivity contribution >= 4 is 0 Å². The van der Waals surface area contributed by atoms with Gasteiger partial charge < -0.3 is 14.8 Å². The van der Waals surface area contributed by atoms with Crippen molar-refractivity contribution in [2.45, 2.75) is 19.0 Å². The maximum atomic E-state index is 13.1. The molecule has 3 aromatic heterocycles. The number of nitrogens with zero attached hydrogens (tertiary/aromatic N) is 2. The van der Waals surface area contributed by atoms with Crippen molar-refractivity contribution in [1.29, 1.82) is 0 Å². The standard InChI is InChI=1S/C20H19N5O6/c1-3-9-24-17(28)13(15(26)22-19(24)30)12(11-5-7-21-8-6-11)14-16(27)23-20(31)25(10-4-2)18(14)29/h3-8,12,28-29H,1-2,9-10H2,(H,22,26,30)(H,23,27,31). The Bertz CT molecular complexity index is 1290. The van der Waals surface area contributed by atoms with Gasteiger partial charge in [-0.2, -0.15) is 0 Å². The molecule has 3 heterocycles. The first-order valence-corrected chi connectivity index (χ1v) is 9.09. The van der Waals surface area contributed by atoms with Gasteiger partial charge >= 0.3 is 11.4 Å². The van der Waals surface area contributed by atoms with Crippen LogP contribution in [-0.2, 0) is 13.1 Å². The third kappa shape index (κ3) is 3.75. The number of pyridine rings is 1. The van der Waals surface area contributed by atoms with Crippen molar-refractivity contribution in [3.63, 3.8) is 0 Å². The molecule has 0 aromatic carbocycles. The topological polar surface area (TPSA) is 167 Å². The molecular weight excluding hydrogens is 406 g/mol. The lowest BCUT2D eigenvalue weighted by Crippen LogP contribution is -2.38. The Hall–Kier alpha value is -4.41. The van der Waals surface area contributed by atoms with Gasteiger partial charge in [-0.15, -0.1) is 13.2 Å². The molecular formula is C20H19N5O6. The molecule has 3 aromatic rings. The van der Waals surface area contributed by atoms with Crippen LogP contribution < -0.4 is 32.6 Å². The van der Waals surface area contributed by atoms with Crippen molar-refractivity contribution in [3.8, 4) is 11.8 Å². The van der Waals surface area contributed by atoms with Crippen molar-refractivity contribution in [2.24, 2.45) is 0 Å². The number of hydrogen-bond acceptors (Lipinski definition) is 6. The molecule has 4 N–H and O–H groups in total. The second-order valence-electron chi connectivity index (χ2n) is 6.54. The van der Waals surface area contributed by atoms with Gasteiger partial charge in [0.2, 0.25) is 5.88 Å². The number of rotatable bonds is 7. The summed E-state index contributed by atoms with van der Waals surface area (Å²) in [5.74, 6) is -3.07. The van der Waals surface area contributed by atoms with Crippen LogP contribution in [0.25, 0.3) is 0 Å². The summed E-state index contributed by atoms with van der Waals surface area (Å²) >= 11 is 0. The van der Waals surface area contributed by atoms with Crippen LogP contribution in [0.4, 0.5) is 0 Å². The lowest BCUT2D eigenvalue weighted by atomic mass is 9.87. The zero-order valence-electron chi connectivity index (χ0n) is 16.3. The minimum Gasteiger partial charge on any atom is -0.860 e. The maximum absolute atomic E-state index is 13.1. The monoisotopic (exact) mass is 425 g/mol. The van der Waals surface area contributed by atoms with E-state index in [-0.39, 0.29) is 18.7 Å². The molecule has 0 saturated carbocycles. The molecule has 3 rings (SSSR count). The number of nitrogens with one attached hydrogen (secondary N) is 3. The summed E-state index contributed by atoms with van der Waals surface area (Å²) in [5.41, 5.74) is -4.42. The molecule has 11 heteroatoms. The predicted molar refractivity (Wildman–Crippen MR) is 108 cm³/mol. The Morgan fingerprint density at radius 3 is 2.06 bits per heavy atom. The average molecular weight is 425 g/mol. The molecule has 11 nitrogen and oxygen atoms in total. The number of hydrogen-bond donors (Lipinski definition) is 3. The lowest BCUT2D eigenvalue weighted by Gasteiger charge is -2.25. The highest BCUT2D eigenvalue weighted by Gasteiger charge is 2.30. The van der Waals surface area contributed by atoms with Crippen LogP contribution >= 0.6 is 0 Å². The largest absolute Gasteiger partial charge is 0.860 e. The van der Waals surface area contributed by atoms with E-state index >= 15 is 0 Å². The highest BCUT2D eigenvalue weighted by molar-refractivity contribution is 5.47. The summed E-state index contributed by atoms with van der Waals surface area (Å²) in [7, 11) is 0. The van der Waals surface area contributed by atoms with Crippen LogP contribution in [0, 0.1) is 0 Å². The van der Waals surface area contributed by atoms with Crippen LogP contribution in [0.3, 0.4) is 0 Å². The Labute approximate surface area is 173 Å². The van der Waals surface area contributed by atoms with E-state index in [0.29, 0.717) is 0 Å². The predicted octanol–water partition coefficient (Wildman–Crippen LogP) is -1.47. The Balaban J connectivity index is 2.48. The molecule has 31 heavy (non-hydrogen) atoms. The van der Waals surface area contributed by atoms with Gasteiger partial charge in [0.1, 0.15) is 0 Å². The summed E-state index contributed by atoms with van der Waals surface area (Å²) in [6.07, 6.45) is 5.61. The molecule has 0 amide bonds. The number of aromatic nitrogens is 5. The zero-order valence-corrected chi connectivity index (χ0v) is 16.3. The molecule has 1 unspecified atom stereocenters. The van der Waals surface area contributed by atoms with E-state index in [9.17, 15) is 29.4 Å². The van der Waals surface area contributed by atoms with Crippen LogP contribution in [0.2, 0.25) is 0 Å². The van der Waals surface area contributed by atoms with E-state index in [1.165, 1.54) is 36.7 Å². The van der Waals surface area contributed by atoms with Gasteiger partial charge in [-0.3, -0.25) is 24.1 Å². The first-order chi connectivity index (χ1) is 14.8. The molecule has 160 valence electrons. The number of aromatic amines is 3. The van der Waals surface area contributed by atoms with Gasteiger partial charge in [-0.05, 0) is 11.4 Å². The van der Waals surface area contributed by atoms with E-state index in [1.54, 1.807) is 0 Å². The summed E-state index contributed by atoms with van der Waals surface area (Å²) < 4.78 is 1.58.